The number of benzene rings is 1. The summed E-state index contributed by atoms with van der Waals surface area (Å²) in [6, 6.07) is 8.59. The number of aromatic nitrogens is 1. The van der Waals surface area contributed by atoms with E-state index in [1.165, 1.54) is 5.56 Å². The fourth-order valence-corrected chi connectivity index (χ4v) is 5.97. The number of hydrogen-bond acceptors (Lipinski definition) is 7. The van der Waals surface area contributed by atoms with Crippen LogP contribution in [0.5, 0.6) is 5.75 Å². The van der Waals surface area contributed by atoms with Crippen LogP contribution >= 0.6 is 11.6 Å². The molecule has 1 aliphatic heterocycles. The predicted molar refractivity (Wildman–Crippen MR) is 165 cm³/mol. The van der Waals surface area contributed by atoms with E-state index in [4.69, 9.17) is 26.1 Å². The lowest BCUT2D eigenvalue weighted by molar-refractivity contribution is -0.142. The van der Waals surface area contributed by atoms with Crippen LogP contribution in [0.3, 0.4) is 0 Å². The number of amides is 1. The molecule has 2 heterocycles. The minimum Gasteiger partial charge on any atom is -0.496 e. The highest BCUT2D eigenvalue weighted by Crippen LogP contribution is 2.54. The Morgan fingerprint density at radius 3 is 2.69 bits per heavy atom. The average Bonchev–Trinajstić information content (AvgIpc) is 3.78. The maximum Gasteiger partial charge on any atom is 0.326 e. The summed E-state index contributed by atoms with van der Waals surface area (Å²) in [6.07, 6.45) is 6.66. The Hall–Kier alpha value is -2.88. The topological polar surface area (TPSA) is 113 Å². The minimum atomic E-state index is -1.05. The van der Waals surface area contributed by atoms with E-state index in [0.717, 1.165) is 56.7 Å². The second-order valence-electron chi connectivity index (χ2n) is 11.6. The Balaban J connectivity index is 1.32. The lowest BCUT2D eigenvalue weighted by Gasteiger charge is -2.26. The van der Waals surface area contributed by atoms with E-state index in [1.807, 2.05) is 13.8 Å². The lowest BCUT2D eigenvalue weighted by atomic mass is 9.93. The number of carboxylic acid groups (broad SMARTS) is 1. The van der Waals surface area contributed by atoms with Crippen molar-refractivity contribution in [3.8, 4) is 5.75 Å². The van der Waals surface area contributed by atoms with E-state index in [0.29, 0.717) is 48.9 Å². The van der Waals surface area contributed by atoms with E-state index in [1.54, 1.807) is 25.3 Å². The molecule has 1 aromatic heterocycles. The fourth-order valence-electron chi connectivity index (χ4n) is 5.62. The Morgan fingerprint density at radius 2 is 1.98 bits per heavy atom. The van der Waals surface area contributed by atoms with Crippen molar-refractivity contribution >= 4 is 29.3 Å². The first kappa shape index (κ1) is 32.0. The number of hydrogen-bond donors (Lipinski definition) is 3. The Kier molecular flexibility index (Phi) is 11.5. The summed E-state index contributed by atoms with van der Waals surface area (Å²) >= 11 is 6.48. The number of nitrogens with one attached hydrogen (secondary N) is 2. The molecule has 3 N–H and O–H groups in total. The summed E-state index contributed by atoms with van der Waals surface area (Å²) in [5.74, 6) is 0.202. The first-order chi connectivity index (χ1) is 20.2. The van der Waals surface area contributed by atoms with Gasteiger partial charge in [0.25, 0.3) is 0 Å². The van der Waals surface area contributed by atoms with E-state index in [2.05, 4.69) is 27.7 Å². The summed E-state index contributed by atoms with van der Waals surface area (Å²) in [5.41, 5.74) is 2.16. The monoisotopic (exact) mass is 600 g/mol. The summed E-state index contributed by atoms with van der Waals surface area (Å²) in [6.45, 7) is 7.58. The second kappa shape index (κ2) is 15.0. The zero-order chi connectivity index (χ0) is 30.1. The van der Waals surface area contributed by atoms with Gasteiger partial charge in [-0.2, -0.15) is 0 Å². The highest BCUT2D eigenvalue weighted by atomic mass is 35.5. The van der Waals surface area contributed by atoms with Crippen LogP contribution in [0.15, 0.2) is 30.3 Å². The lowest BCUT2D eigenvalue weighted by Crippen LogP contribution is -2.47. The molecule has 230 valence electrons. The molecule has 0 radical (unpaired) electrons. The third-order valence-electron chi connectivity index (χ3n) is 8.16. The summed E-state index contributed by atoms with van der Waals surface area (Å²) in [4.78, 5) is 32.7. The number of ether oxygens (including phenoxy) is 2. The first-order valence-corrected chi connectivity index (χ1v) is 15.5. The molecule has 4 rings (SSSR count). The molecule has 9 nitrogen and oxygen atoms in total. The molecule has 2 aromatic rings. The van der Waals surface area contributed by atoms with Crippen molar-refractivity contribution in [3.63, 3.8) is 0 Å². The van der Waals surface area contributed by atoms with Crippen LogP contribution in [0, 0.1) is 0 Å². The Labute approximate surface area is 254 Å². The van der Waals surface area contributed by atoms with Gasteiger partial charge in [0.2, 0.25) is 5.91 Å². The molecule has 0 bridgehead atoms. The van der Waals surface area contributed by atoms with Gasteiger partial charge in [-0.3, -0.25) is 4.79 Å². The molecule has 1 fully saturated rings. The van der Waals surface area contributed by atoms with Gasteiger partial charge in [0.15, 0.2) is 0 Å². The van der Waals surface area contributed by atoms with Crippen molar-refractivity contribution in [1.29, 1.82) is 0 Å². The summed E-state index contributed by atoms with van der Waals surface area (Å²) < 4.78 is 11.3. The molecule has 1 aromatic carbocycles. The first-order valence-electron chi connectivity index (χ1n) is 15.2. The minimum absolute atomic E-state index is 0.123. The molecule has 1 saturated carbocycles. The molecular weight excluding hydrogens is 556 g/mol. The predicted octanol–water partition coefficient (Wildman–Crippen LogP) is 4.84. The number of nitrogens with zero attached hydrogens (tertiary/aromatic N) is 2. The number of carbonyl (C=O) groups is 2. The molecule has 2 aliphatic rings. The van der Waals surface area contributed by atoms with E-state index >= 15 is 0 Å². The largest absolute Gasteiger partial charge is 0.496 e. The average molecular weight is 601 g/mol. The molecule has 0 unspecified atom stereocenters. The summed E-state index contributed by atoms with van der Waals surface area (Å²) in [7, 11) is 1.54. The third-order valence-corrected chi connectivity index (χ3v) is 8.48. The fraction of sp³-hybridized carbons (Fsp3) is 0.594. The molecular formula is C32H45ClN4O5. The number of halogens is 1. The Morgan fingerprint density at radius 1 is 1.17 bits per heavy atom. The highest BCUT2D eigenvalue weighted by molar-refractivity contribution is 6.32. The molecule has 0 spiro atoms. The molecule has 1 aliphatic carbocycles. The number of anilines is 1. The number of carbonyl (C=O) groups excluding carboxylic acids is 1. The van der Waals surface area contributed by atoms with Crippen LogP contribution in [0.25, 0.3) is 0 Å². The number of unbranched alkanes of at least 4 members (excludes halogenated alkanes) is 1. The van der Waals surface area contributed by atoms with Gasteiger partial charge in [-0.15, -0.1) is 0 Å². The van der Waals surface area contributed by atoms with E-state index in [9.17, 15) is 14.7 Å². The van der Waals surface area contributed by atoms with Gasteiger partial charge in [-0.25, -0.2) is 9.78 Å². The molecule has 1 atom stereocenters. The van der Waals surface area contributed by atoms with E-state index < -0.39 is 17.4 Å². The van der Waals surface area contributed by atoms with Crippen molar-refractivity contribution in [2.75, 3.05) is 45.2 Å². The van der Waals surface area contributed by atoms with Gasteiger partial charge in [0.1, 0.15) is 17.6 Å². The van der Waals surface area contributed by atoms with Crippen molar-refractivity contribution in [1.82, 2.24) is 15.2 Å². The van der Waals surface area contributed by atoms with Crippen molar-refractivity contribution < 1.29 is 24.2 Å². The van der Waals surface area contributed by atoms with Gasteiger partial charge in [-0.05, 0) is 95.5 Å². The standard InChI is InChI=1S/C32H45ClN4O5/c1-22(2)42-21-20-37(18-5-4-9-24-13-12-23-8-7-17-34-29(23)35-24)19-14-26(30(38)39)36-31(40)32(15-16-32)28-25(33)10-6-11-27(28)41-3/h6,10-13,22,26H,4-5,7-9,14-21H2,1-3H3,(H,34,35)(H,36,40)(H,38,39)/t26-/m0/s1. The van der Waals surface area contributed by atoms with Crippen molar-refractivity contribution in [2.45, 2.75) is 82.8 Å². The van der Waals surface area contributed by atoms with Crippen LogP contribution in [-0.2, 0) is 32.6 Å². The molecule has 0 saturated heterocycles. The smallest absolute Gasteiger partial charge is 0.326 e. The number of carboxylic acids is 1. The molecule has 42 heavy (non-hydrogen) atoms. The molecule has 1 amide bonds. The third kappa shape index (κ3) is 8.36. The second-order valence-corrected chi connectivity index (χ2v) is 12.0. The van der Waals surface area contributed by atoms with Gasteiger partial charge >= 0.3 is 5.97 Å². The van der Waals surface area contributed by atoms with Crippen LogP contribution in [0.1, 0.15) is 69.2 Å². The Bertz CT molecular complexity index is 1220. The van der Waals surface area contributed by atoms with Crippen LogP contribution in [0.4, 0.5) is 5.82 Å². The van der Waals surface area contributed by atoms with Gasteiger partial charge < -0.3 is 30.1 Å². The summed E-state index contributed by atoms with van der Waals surface area (Å²) in [5, 5.41) is 16.7. The number of pyridine rings is 1. The number of fused-ring (bicyclic) bond motifs is 1. The number of aliphatic carboxylic acids is 1. The van der Waals surface area contributed by atoms with Crippen molar-refractivity contribution in [2.24, 2.45) is 0 Å². The quantitative estimate of drug-likeness (QED) is 0.221. The van der Waals surface area contributed by atoms with Gasteiger partial charge in [0.05, 0.1) is 25.2 Å². The number of methoxy groups -OCH3 is 1. The maximum atomic E-state index is 13.5. The van der Waals surface area contributed by atoms with Gasteiger partial charge in [-0.1, -0.05) is 23.7 Å². The van der Waals surface area contributed by atoms with Crippen LogP contribution < -0.4 is 15.4 Å². The van der Waals surface area contributed by atoms with Crippen LogP contribution in [0.2, 0.25) is 5.02 Å². The normalized spacial score (nSPS) is 16.0. The van der Waals surface area contributed by atoms with Crippen LogP contribution in [-0.4, -0.2) is 78.9 Å². The number of aryl methyl sites for hydroxylation is 2. The van der Waals surface area contributed by atoms with Crippen molar-refractivity contribution in [3.05, 3.63) is 52.2 Å². The number of rotatable bonds is 17. The van der Waals surface area contributed by atoms with E-state index in [-0.39, 0.29) is 18.4 Å². The zero-order valence-electron chi connectivity index (χ0n) is 25.1. The SMILES string of the molecule is COc1cccc(Cl)c1C1(C(=O)N[C@@H](CCN(CCCCc2ccc3c(n2)NCCC3)CCOC(C)C)C(=O)O)CC1. The maximum absolute atomic E-state index is 13.5. The zero-order valence-corrected chi connectivity index (χ0v) is 25.8. The molecule has 10 heteroatoms. The van der Waals surface area contributed by atoms with Gasteiger partial charge in [0, 0.05) is 35.9 Å². The highest BCUT2D eigenvalue weighted by Gasteiger charge is 2.54.